The lowest BCUT2D eigenvalue weighted by atomic mass is 9.90. The standard InChI is InChI=1S/C26H34N2O2/c1-21-5-7-22(8-6-21)9-10-23-11-13-28(14-12-23)26(29)25-4-2-3-24(19-25)20-27-15-17-30-18-16-27/h2-8,19,23H,9-18,20H2,1H3. The zero-order valence-corrected chi connectivity index (χ0v) is 18.2. The van der Waals surface area contributed by atoms with Crippen LogP contribution in [-0.4, -0.2) is 55.1 Å². The van der Waals surface area contributed by atoms with Crippen LogP contribution in [0.15, 0.2) is 48.5 Å². The highest BCUT2D eigenvalue weighted by Gasteiger charge is 2.24. The first-order valence-corrected chi connectivity index (χ1v) is 11.4. The van der Waals surface area contributed by atoms with Crippen LogP contribution in [0, 0.1) is 12.8 Å². The molecule has 2 aliphatic rings. The molecule has 4 nitrogen and oxygen atoms in total. The number of amides is 1. The van der Waals surface area contributed by atoms with Gasteiger partial charge >= 0.3 is 0 Å². The first kappa shape index (κ1) is 21.1. The van der Waals surface area contributed by atoms with Crippen molar-refractivity contribution >= 4 is 5.91 Å². The normalized spacial score (nSPS) is 18.5. The number of nitrogens with zero attached hydrogens (tertiary/aromatic N) is 2. The lowest BCUT2D eigenvalue weighted by Gasteiger charge is -2.32. The van der Waals surface area contributed by atoms with Crippen LogP contribution < -0.4 is 0 Å². The van der Waals surface area contributed by atoms with E-state index in [0.717, 1.165) is 76.7 Å². The molecule has 0 atom stereocenters. The number of aryl methyl sites for hydroxylation is 2. The second-order valence-electron chi connectivity index (χ2n) is 8.85. The number of ether oxygens (including phenoxy) is 1. The Kier molecular flexibility index (Phi) is 7.19. The van der Waals surface area contributed by atoms with E-state index in [1.165, 1.54) is 23.1 Å². The van der Waals surface area contributed by atoms with Crippen molar-refractivity contribution in [2.75, 3.05) is 39.4 Å². The fraction of sp³-hybridized carbons (Fsp3) is 0.500. The number of rotatable bonds is 6. The summed E-state index contributed by atoms with van der Waals surface area (Å²) >= 11 is 0. The van der Waals surface area contributed by atoms with E-state index in [4.69, 9.17) is 4.74 Å². The molecule has 2 fully saturated rings. The van der Waals surface area contributed by atoms with Gasteiger partial charge in [0.25, 0.3) is 5.91 Å². The van der Waals surface area contributed by atoms with Gasteiger partial charge in [0.15, 0.2) is 0 Å². The molecule has 0 aromatic heterocycles. The van der Waals surface area contributed by atoms with Gasteiger partial charge in [0.2, 0.25) is 0 Å². The molecule has 2 aromatic carbocycles. The van der Waals surface area contributed by atoms with Gasteiger partial charge < -0.3 is 9.64 Å². The average molecular weight is 407 g/mol. The lowest BCUT2D eigenvalue weighted by molar-refractivity contribution is 0.0341. The van der Waals surface area contributed by atoms with Crippen LogP contribution in [0.3, 0.4) is 0 Å². The molecule has 4 heteroatoms. The smallest absolute Gasteiger partial charge is 0.253 e. The van der Waals surface area contributed by atoms with Crippen LogP contribution in [0.1, 0.15) is 46.3 Å². The number of carbonyl (C=O) groups is 1. The van der Waals surface area contributed by atoms with Gasteiger partial charge in [-0.3, -0.25) is 9.69 Å². The monoisotopic (exact) mass is 406 g/mol. The van der Waals surface area contributed by atoms with Gasteiger partial charge in [0, 0.05) is 38.3 Å². The summed E-state index contributed by atoms with van der Waals surface area (Å²) in [4.78, 5) is 17.5. The van der Waals surface area contributed by atoms with E-state index in [1.807, 2.05) is 12.1 Å². The fourth-order valence-corrected chi connectivity index (χ4v) is 4.55. The molecule has 0 unspecified atom stereocenters. The summed E-state index contributed by atoms with van der Waals surface area (Å²) < 4.78 is 5.43. The number of hydrogen-bond acceptors (Lipinski definition) is 3. The SMILES string of the molecule is Cc1ccc(CCC2CCN(C(=O)c3cccc(CN4CCOCC4)c3)CC2)cc1. The van der Waals surface area contributed by atoms with E-state index in [9.17, 15) is 4.79 Å². The molecule has 30 heavy (non-hydrogen) atoms. The van der Waals surface area contributed by atoms with Crippen LogP contribution in [0.25, 0.3) is 0 Å². The van der Waals surface area contributed by atoms with Gasteiger partial charge in [-0.05, 0) is 61.8 Å². The van der Waals surface area contributed by atoms with E-state index < -0.39 is 0 Å². The van der Waals surface area contributed by atoms with E-state index in [-0.39, 0.29) is 5.91 Å². The fourth-order valence-electron chi connectivity index (χ4n) is 4.55. The molecular weight excluding hydrogens is 372 g/mol. The Balaban J connectivity index is 1.26. The highest BCUT2D eigenvalue weighted by atomic mass is 16.5. The number of hydrogen-bond donors (Lipinski definition) is 0. The maximum absolute atomic E-state index is 13.1. The highest BCUT2D eigenvalue weighted by molar-refractivity contribution is 5.94. The summed E-state index contributed by atoms with van der Waals surface area (Å²) in [5, 5.41) is 0. The molecule has 0 bridgehead atoms. The highest BCUT2D eigenvalue weighted by Crippen LogP contribution is 2.24. The van der Waals surface area contributed by atoms with Crippen LogP contribution in [0.2, 0.25) is 0 Å². The van der Waals surface area contributed by atoms with Crippen LogP contribution in [0.5, 0.6) is 0 Å². The van der Waals surface area contributed by atoms with Crippen LogP contribution in [0.4, 0.5) is 0 Å². The molecular formula is C26H34N2O2. The molecule has 0 N–H and O–H groups in total. The Hall–Kier alpha value is -2.17. The number of likely N-dealkylation sites (tertiary alicyclic amines) is 1. The summed E-state index contributed by atoms with van der Waals surface area (Å²) in [7, 11) is 0. The van der Waals surface area contributed by atoms with E-state index in [0.29, 0.717) is 0 Å². The Bertz CT molecular complexity index is 819. The van der Waals surface area contributed by atoms with Crippen molar-refractivity contribution < 1.29 is 9.53 Å². The largest absolute Gasteiger partial charge is 0.379 e. The number of morpholine rings is 1. The third-order valence-electron chi connectivity index (χ3n) is 6.55. The minimum atomic E-state index is 0.191. The Morgan fingerprint density at radius 3 is 2.43 bits per heavy atom. The quantitative estimate of drug-likeness (QED) is 0.717. The molecule has 2 aromatic rings. The third-order valence-corrected chi connectivity index (χ3v) is 6.55. The topological polar surface area (TPSA) is 32.8 Å². The summed E-state index contributed by atoms with van der Waals surface area (Å²) in [5.74, 6) is 0.916. The Morgan fingerprint density at radius 1 is 0.967 bits per heavy atom. The summed E-state index contributed by atoms with van der Waals surface area (Å²) in [5.41, 5.74) is 4.80. The lowest BCUT2D eigenvalue weighted by Crippen LogP contribution is -2.38. The molecule has 2 aliphatic heterocycles. The van der Waals surface area contributed by atoms with Crippen molar-refractivity contribution in [3.05, 3.63) is 70.8 Å². The second kappa shape index (κ2) is 10.2. The Labute approximate surface area is 180 Å². The first-order valence-electron chi connectivity index (χ1n) is 11.4. The van der Waals surface area contributed by atoms with E-state index in [2.05, 4.69) is 53.1 Å². The second-order valence-corrected chi connectivity index (χ2v) is 8.85. The minimum absolute atomic E-state index is 0.191. The predicted molar refractivity (Wildman–Crippen MR) is 121 cm³/mol. The van der Waals surface area contributed by atoms with Gasteiger partial charge in [-0.25, -0.2) is 0 Å². The van der Waals surface area contributed by atoms with Gasteiger partial charge in [-0.15, -0.1) is 0 Å². The first-order chi connectivity index (χ1) is 14.7. The van der Waals surface area contributed by atoms with Crippen molar-refractivity contribution in [1.82, 2.24) is 9.80 Å². The molecule has 0 radical (unpaired) electrons. The van der Waals surface area contributed by atoms with Crippen LogP contribution >= 0.6 is 0 Å². The van der Waals surface area contributed by atoms with Crippen LogP contribution in [-0.2, 0) is 17.7 Å². The molecule has 0 aliphatic carbocycles. The Morgan fingerprint density at radius 2 is 1.70 bits per heavy atom. The van der Waals surface area contributed by atoms with E-state index >= 15 is 0 Å². The molecule has 0 saturated carbocycles. The third kappa shape index (κ3) is 5.71. The van der Waals surface area contributed by atoms with Gasteiger partial charge in [-0.2, -0.15) is 0 Å². The molecule has 2 saturated heterocycles. The average Bonchev–Trinajstić information content (AvgIpc) is 2.79. The molecule has 0 spiro atoms. The van der Waals surface area contributed by atoms with Gasteiger partial charge in [-0.1, -0.05) is 42.0 Å². The maximum atomic E-state index is 13.1. The van der Waals surface area contributed by atoms with Crippen molar-refractivity contribution in [3.63, 3.8) is 0 Å². The van der Waals surface area contributed by atoms with Crippen molar-refractivity contribution in [1.29, 1.82) is 0 Å². The van der Waals surface area contributed by atoms with E-state index in [1.54, 1.807) is 0 Å². The van der Waals surface area contributed by atoms with Gasteiger partial charge in [0.05, 0.1) is 13.2 Å². The zero-order valence-electron chi connectivity index (χ0n) is 18.2. The zero-order chi connectivity index (χ0) is 20.8. The predicted octanol–water partition coefficient (Wildman–Crippen LogP) is 4.31. The number of piperidine rings is 1. The van der Waals surface area contributed by atoms with Crippen molar-refractivity contribution in [2.24, 2.45) is 5.92 Å². The minimum Gasteiger partial charge on any atom is -0.379 e. The molecule has 160 valence electrons. The number of carbonyl (C=O) groups excluding carboxylic acids is 1. The molecule has 2 heterocycles. The van der Waals surface area contributed by atoms with Gasteiger partial charge in [0.1, 0.15) is 0 Å². The molecule has 4 rings (SSSR count). The summed E-state index contributed by atoms with van der Waals surface area (Å²) in [6, 6.07) is 17.1. The summed E-state index contributed by atoms with van der Waals surface area (Å²) in [6.45, 7) is 8.33. The summed E-state index contributed by atoms with van der Waals surface area (Å²) in [6.07, 6.45) is 4.60. The number of benzene rings is 2. The molecule has 1 amide bonds. The van der Waals surface area contributed by atoms with Crippen molar-refractivity contribution in [2.45, 2.75) is 39.2 Å². The van der Waals surface area contributed by atoms with Crippen molar-refractivity contribution in [3.8, 4) is 0 Å². The maximum Gasteiger partial charge on any atom is 0.253 e.